The minimum atomic E-state index is -3.90. The van der Waals surface area contributed by atoms with Crippen molar-refractivity contribution < 1.29 is 17.9 Å². The van der Waals surface area contributed by atoms with E-state index in [0.29, 0.717) is 19.5 Å². The standard InChI is InChI=1S/C12H16ClFN2O3S/c1-7-4-12(8(13)5-9(7)14)20(18,19)16-10-2-3-15-6-11(10)17/h4-5,10-11,15-17H,2-3,6H2,1H3/t10-,11-/m1/s1. The zero-order chi connectivity index (χ0) is 14.9. The number of hydrogen-bond donors (Lipinski definition) is 3. The molecular weight excluding hydrogens is 307 g/mol. The predicted octanol–water partition coefficient (Wildman–Crippen LogP) is 0.789. The van der Waals surface area contributed by atoms with Gasteiger partial charge in [-0.25, -0.2) is 17.5 Å². The first kappa shape index (κ1) is 15.7. The van der Waals surface area contributed by atoms with E-state index in [1.807, 2.05) is 0 Å². The zero-order valence-corrected chi connectivity index (χ0v) is 12.4. The summed E-state index contributed by atoms with van der Waals surface area (Å²) >= 11 is 5.81. The fourth-order valence-corrected chi connectivity index (χ4v) is 3.98. The molecule has 0 amide bonds. The molecule has 20 heavy (non-hydrogen) atoms. The molecule has 1 aliphatic rings. The van der Waals surface area contributed by atoms with Crippen molar-refractivity contribution in [3.05, 3.63) is 28.5 Å². The average molecular weight is 323 g/mol. The third-order valence-electron chi connectivity index (χ3n) is 3.26. The van der Waals surface area contributed by atoms with Crippen LogP contribution in [0.1, 0.15) is 12.0 Å². The lowest BCUT2D eigenvalue weighted by molar-refractivity contribution is 0.113. The van der Waals surface area contributed by atoms with Crippen molar-refractivity contribution in [2.75, 3.05) is 13.1 Å². The number of halogens is 2. The van der Waals surface area contributed by atoms with Gasteiger partial charge in [-0.2, -0.15) is 0 Å². The minimum Gasteiger partial charge on any atom is -0.390 e. The number of sulfonamides is 1. The molecule has 8 heteroatoms. The fraction of sp³-hybridized carbons (Fsp3) is 0.500. The molecule has 1 aromatic rings. The molecule has 1 heterocycles. The lowest BCUT2D eigenvalue weighted by Gasteiger charge is -2.29. The van der Waals surface area contributed by atoms with Crippen molar-refractivity contribution in [3.63, 3.8) is 0 Å². The van der Waals surface area contributed by atoms with Crippen molar-refractivity contribution in [1.82, 2.24) is 10.0 Å². The SMILES string of the molecule is Cc1cc(S(=O)(=O)N[C@@H]2CCNC[C@H]2O)c(Cl)cc1F. The fourth-order valence-electron chi connectivity index (χ4n) is 2.08. The van der Waals surface area contributed by atoms with Crippen LogP contribution in [0.4, 0.5) is 4.39 Å². The number of rotatable bonds is 3. The van der Waals surface area contributed by atoms with Gasteiger partial charge in [0, 0.05) is 6.54 Å². The average Bonchev–Trinajstić information content (AvgIpc) is 2.36. The van der Waals surface area contributed by atoms with E-state index < -0.39 is 28.0 Å². The van der Waals surface area contributed by atoms with Crippen molar-refractivity contribution in [2.24, 2.45) is 0 Å². The quantitative estimate of drug-likeness (QED) is 0.769. The van der Waals surface area contributed by atoms with E-state index in [1.54, 1.807) is 0 Å². The molecule has 0 saturated carbocycles. The number of aryl methyl sites for hydroxylation is 1. The molecule has 2 atom stereocenters. The largest absolute Gasteiger partial charge is 0.390 e. The van der Waals surface area contributed by atoms with Crippen LogP contribution in [0.15, 0.2) is 17.0 Å². The van der Waals surface area contributed by atoms with Gasteiger partial charge in [0.2, 0.25) is 10.0 Å². The van der Waals surface area contributed by atoms with Gasteiger partial charge in [0.25, 0.3) is 0 Å². The summed E-state index contributed by atoms with van der Waals surface area (Å²) in [5.41, 5.74) is 0.195. The smallest absolute Gasteiger partial charge is 0.242 e. The monoisotopic (exact) mass is 322 g/mol. The summed E-state index contributed by atoms with van der Waals surface area (Å²) in [4.78, 5) is -0.177. The van der Waals surface area contributed by atoms with Gasteiger partial charge >= 0.3 is 0 Å². The summed E-state index contributed by atoms with van der Waals surface area (Å²) in [6.07, 6.45) is -0.336. The highest BCUT2D eigenvalue weighted by Gasteiger charge is 2.29. The summed E-state index contributed by atoms with van der Waals surface area (Å²) < 4.78 is 40.3. The van der Waals surface area contributed by atoms with E-state index in [9.17, 15) is 17.9 Å². The van der Waals surface area contributed by atoms with Crippen LogP contribution in [0.25, 0.3) is 0 Å². The molecule has 1 aliphatic heterocycles. The molecule has 5 nitrogen and oxygen atoms in total. The number of hydrogen-bond acceptors (Lipinski definition) is 4. The number of aliphatic hydroxyl groups is 1. The van der Waals surface area contributed by atoms with Gasteiger partial charge in [-0.15, -0.1) is 0 Å². The maximum Gasteiger partial charge on any atom is 0.242 e. The van der Waals surface area contributed by atoms with Crippen LogP contribution >= 0.6 is 11.6 Å². The molecule has 0 spiro atoms. The minimum absolute atomic E-state index is 0.177. The topological polar surface area (TPSA) is 78.4 Å². The molecule has 2 rings (SSSR count). The Morgan fingerprint density at radius 1 is 1.50 bits per heavy atom. The second kappa shape index (κ2) is 5.95. The van der Waals surface area contributed by atoms with Gasteiger partial charge in [0.15, 0.2) is 0 Å². The zero-order valence-electron chi connectivity index (χ0n) is 10.9. The molecule has 1 saturated heterocycles. The van der Waals surface area contributed by atoms with E-state index in [-0.39, 0.29) is 15.5 Å². The molecule has 0 bridgehead atoms. The Labute approximate surface area is 122 Å². The Balaban J connectivity index is 2.28. The summed E-state index contributed by atoms with van der Waals surface area (Å²) in [6.45, 7) is 2.40. The second-order valence-corrected chi connectivity index (χ2v) is 6.91. The first-order chi connectivity index (χ1) is 9.31. The Bertz CT molecular complexity index is 609. The van der Waals surface area contributed by atoms with E-state index in [2.05, 4.69) is 10.0 Å². The van der Waals surface area contributed by atoms with Gasteiger partial charge in [0.1, 0.15) is 10.7 Å². The van der Waals surface area contributed by atoms with E-state index in [0.717, 1.165) is 6.07 Å². The summed E-state index contributed by atoms with van der Waals surface area (Å²) in [5.74, 6) is -0.559. The summed E-state index contributed by atoms with van der Waals surface area (Å²) in [5, 5.41) is 12.5. The van der Waals surface area contributed by atoms with Gasteiger partial charge in [-0.1, -0.05) is 11.6 Å². The lowest BCUT2D eigenvalue weighted by Crippen LogP contribution is -2.52. The van der Waals surface area contributed by atoms with Crippen LogP contribution < -0.4 is 10.0 Å². The molecule has 0 unspecified atom stereocenters. The maximum absolute atomic E-state index is 13.3. The normalized spacial score (nSPS) is 23.8. The van der Waals surface area contributed by atoms with Gasteiger partial charge in [-0.05, 0) is 37.6 Å². The third-order valence-corrected chi connectivity index (χ3v) is 5.21. The number of nitrogens with one attached hydrogen (secondary N) is 2. The van der Waals surface area contributed by atoms with Crippen LogP contribution in [0.2, 0.25) is 5.02 Å². The Hall–Kier alpha value is -0.730. The highest BCUT2D eigenvalue weighted by molar-refractivity contribution is 7.89. The molecule has 1 fully saturated rings. The Morgan fingerprint density at radius 3 is 2.85 bits per heavy atom. The third kappa shape index (κ3) is 3.29. The first-order valence-corrected chi connectivity index (χ1v) is 8.04. The number of piperidine rings is 1. The predicted molar refractivity (Wildman–Crippen MR) is 73.8 cm³/mol. The molecule has 0 aromatic heterocycles. The van der Waals surface area contributed by atoms with Crippen LogP contribution in [-0.4, -0.2) is 38.8 Å². The van der Waals surface area contributed by atoms with E-state index in [1.165, 1.54) is 13.0 Å². The van der Waals surface area contributed by atoms with Crippen molar-refractivity contribution in [2.45, 2.75) is 30.4 Å². The first-order valence-electron chi connectivity index (χ1n) is 6.18. The van der Waals surface area contributed by atoms with E-state index in [4.69, 9.17) is 11.6 Å². The van der Waals surface area contributed by atoms with Crippen molar-refractivity contribution >= 4 is 21.6 Å². The number of aliphatic hydroxyl groups excluding tert-OH is 1. The van der Waals surface area contributed by atoms with E-state index >= 15 is 0 Å². The van der Waals surface area contributed by atoms with Crippen LogP contribution in [0.3, 0.4) is 0 Å². The molecule has 112 valence electrons. The van der Waals surface area contributed by atoms with Gasteiger partial charge < -0.3 is 10.4 Å². The number of benzene rings is 1. The molecule has 1 aromatic carbocycles. The van der Waals surface area contributed by atoms with Gasteiger partial charge in [0.05, 0.1) is 17.2 Å². The van der Waals surface area contributed by atoms with Gasteiger partial charge in [-0.3, -0.25) is 0 Å². The molecular formula is C12H16ClFN2O3S. The van der Waals surface area contributed by atoms with Crippen LogP contribution in [0, 0.1) is 12.7 Å². The maximum atomic E-state index is 13.3. The highest BCUT2D eigenvalue weighted by atomic mass is 35.5. The Morgan fingerprint density at radius 2 is 2.20 bits per heavy atom. The second-order valence-electron chi connectivity index (χ2n) is 4.82. The van der Waals surface area contributed by atoms with Crippen LogP contribution in [0.5, 0.6) is 0 Å². The van der Waals surface area contributed by atoms with Crippen LogP contribution in [-0.2, 0) is 10.0 Å². The molecule has 0 aliphatic carbocycles. The Kier molecular flexibility index (Phi) is 4.66. The van der Waals surface area contributed by atoms with Crippen molar-refractivity contribution in [3.8, 4) is 0 Å². The summed E-state index contributed by atoms with van der Waals surface area (Å²) in [7, 11) is -3.90. The number of β-amino-alcohol motifs (C(OH)–C–C–N with tert-alkyl or cyclic N) is 1. The lowest BCUT2D eigenvalue weighted by atomic mass is 10.1. The molecule has 0 radical (unpaired) electrons. The summed E-state index contributed by atoms with van der Waals surface area (Å²) in [6, 6.07) is 1.58. The molecule has 3 N–H and O–H groups in total. The van der Waals surface area contributed by atoms with Crippen molar-refractivity contribution in [1.29, 1.82) is 0 Å². The highest BCUT2D eigenvalue weighted by Crippen LogP contribution is 2.25.